The molecule has 1 amide bonds. The summed E-state index contributed by atoms with van der Waals surface area (Å²) in [6, 6.07) is 6.17. The number of nitrogens with zero attached hydrogens (tertiary/aromatic N) is 3. The summed E-state index contributed by atoms with van der Waals surface area (Å²) in [5, 5.41) is 9.16. The molecule has 0 bridgehead atoms. The molecular weight excluding hydrogens is 468 g/mol. The van der Waals surface area contributed by atoms with Gasteiger partial charge in [-0.3, -0.25) is 4.79 Å². The molecule has 2 rings (SSSR count). The van der Waals surface area contributed by atoms with Crippen LogP contribution in [0.3, 0.4) is 0 Å². The maximum absolute atomic E-state index is 13.0. The van der Waals surface area contributed by atoms with Gasteiger partial charge in [0.05, 0.1) is 4.90 Å². The number of hydrogen-bond acceptors (Lipinski definition) is 8. The number of rotatable bonds is 16. The molecule has 35 heavy (non-hydrogen) atoms. The van der Waals surface area contributed by atoms with Crippen LogP contribution in [0.4, 0.5) is 17.5 Å². The van der Waals surface area contributed by atoms with E-state index in [9.17, 15) is 13.2 Å². The van der Waals surface area contributed by atoms with Crippen molar-refractivity contribution in [3.05, 3.63) is 36.0 Å². The largest absolute Gasteiger partial charge is 0.385 e. The van der Waals surface area contributed by atoms with Crippen molar-refractivity contribution in [3.63, 3.8) is 0 Å². The van der Waals surface area contributed by atoms with Gasteiger partial charge in [-0.1, -0.05) is 27.2 Å². The maximum Gasteiger partial charge on any atom is 0.260 e. The summed E-state index contributed by atoms with van der Waals surface area (Å²) >= 11 is 0. The minimum absolute atomic E-state index is 0.192. The topological polar surface area (TPSA) is 126 Å². The number of nitrogens with one attached hydrogen (secondary N) is 3. The number of amides is 1. The van der Waals surface area contributed by atoms with Crippen molar-refractivity contribution in [3.8, 4) is 0 Å². The Morgan fingerprint density at radius 1 is 1.03 bits per heavy atom. The average Bonchev–Trinajstić information content (AvgIpc) is 2.85. The molecule has 0 aliphatic heterocycles. The molecule has 10 nitrogen and oxygen atoms in total. The predicted molar refractivity (Wildman–Crippen MR) is 140 cm³/mol. The molecule has 0 aliphatic rings. The molecule has 0 unspecified atom stereocenters. The average molecular weight is 507 g/mol. The Morgan fingerprint density at radius 2 is 1.74 bits per heavy atom. The van der Waals surface area contributed by atoms with Gasteiger partial charge >= 0.3 is 0 Å². The summed E-state index contributed by atoms with van der Waals surface area (Å²) in [5.74, 6) is 0.479. The Balaban J connectivity index is 2.17. The zero-order valence-electron chi connectivity index (χ0n) is 21.1. The van der Waals surface area contributed by atoms with Crippen molar-refractivity contribution in [1.29, 1.82) is 0 Å². The van der Waals surface area contributed by atoms with E-state index in [0.717, 1.165) is 32.2 Å². The van der Waals surface area contributed by atoms with E-state index in [1.54, 1.807) is 19.2 Å². The van der Waals surface area contributed by atoms with Gasteiger partial charge in [-0.15, -0.1) is 0 Å². The highest BCUT2D eigenvalue weighted by Gasteiger charge is 2.22. The smallest absolute Gasteiger partial charge is 0.260 e. The maximum atomic E-state index is 13.0. The predicted octanol–water partition coefficient (Wildman–Crippen LogP) is 3.81. The first-order valence-corrected chi connectivity index (χ1v) is 13.6. The van der Waals surface area contributed by atoms with Crippen molar-refractivity contribution in [2.45, 2.75) is 51.3 Å². The van der Waals surface area contributed by atoms with Crippen LogP contribution in [0.1, 0.15) is 56.8 Å². The van der Waals surface area contributed by atoms with Crippen LogP contribution in [-0.2, 0) is 14.8 Å². The fourth-order valence-corrected chi connectivity index (χ4v) is 4.86. The monoisotopic (exact) mass is 506 g/mol. The second-order valence-corrected chi connectivity index (χ2v) is 9.92. The number of ether oxygens (including phenoxy) is 1. The van der Waals surface area contributed by atoms with Crippen molar-refractivity contribution in [2.75, 3.05) is 55.8 Å². The number of unbranched alkanes of at least 4 members (excludes halogenated alkanes) is 1. The van der Waals surface area contributed by atoms with Crippen LogP contribution < -0.4 is 16.0 Å². The lowest BCUT2D eigenvalue weighted by molar-refractivity contribution is 0.102. The van der Waals surface area contributed by atoms with Crippen molar-refractivity contribution in [2.24, 2.45) is 0 Å². The lowest BCUT2D eigenvalue weighted by Gasteiger charge is -2.19. The highest BCUT2D eigenvalue weighted by molar-refractivity contribution is 7.89. The molecule has 0 spiro atoms. The minimum atomic E-state index is -3.57. The second-order valence-electron chi connectivity index (χ2n) is 7.98. The highest BCUT2D eigenvalue weighted by atomic mass is 32.2. The normalized spacial score (nSPS) is 11.5. The van der Waals surface area contributed by atoms with Crippen molar-refractivity contribution < 1.29 is 17.9 Å². The van der Waals surface area contributed by atoms with Gasteiger partial charge in [0.2, 0.25) is 16.0 Å². The molecule has 0 atom stereocenters. The zero-order valence-corrected chi connectivity index (χ0v) is 22.0. The van der Waals surface area contributed by atoms with E-state index >= 15 is 0 Å². The van der Waals surface area contributed by atoms with E-state index in [4.69, 9.17) is 4.74 Å². The number of carbonyl (C=O) groups excluding carboxylic acids is 1. The fourth-order valence-electron chi connectivity index (χ4n) is 3.32. The number of methoxy groups -OCH3 is 1. The van der Waals surface area contributed by atoms with E-state index in [1.807, 2.05) is 13.8 Å². The van der Waals surface area contributed by atoms with Crippen LogP contribution in [0.25, 0.3) is 0 Å². The first kappa shape index (κ1) is 28.5. The quantitative estimate of drug-likeness (QED) is 0.294. The SMILES string of the molecule is CCCCNc1ncc(C(=O)Nc2ccc(S(=O)(=O)N(CC)CCC)cc2)c(NCCCOC)n1. The summed E-state index contributed by atoms with van der Waals surface area (Å²) in [6.45, 7) is 8.63. The summed E-state index contributed by atoms with van der Waals surface area (Å²) in [4.78, 5) is 22.0. The summed E-state index contributed by atoms with van der Waals surface area (Å²) in [6.07, 6.45) is 5.01. The van der Waals surface area contributed by atoms with Crippen LogP contribution in [-0.4, -0.2) is 68.5 Å². The van der Waals surface area contributed by atoms with Gasteiger partial charge in [-0.25, -0.2) is 13.4 Å². The van der Waals surface area contributed by atoms with Gasteiger partial charge in [-0.05, 0) is 43.5 Å². The molecule has 1 heterocycles. The Bertz CT molecular complexity index is 1030. The molecule has 0 fully saturated rings. The van der Waals surface area contributed by atoms with Crippen LogP contribution in [0, 0.1) is 0 Å². The van der Waals surface area contributed by atoms with Crippen molar-refractivity contribution in [1.82, 2.24) is 14.3 Å². The Morgan fingerprint density at radius 3 is 2.37 bits per heavy atom. The number of benzene rings is 1. The molecule has 0 saturated carbocycles. The van der Waals surface area contributed by atoms with Crippen LogP contribution in [0.5, 0.6) is 0 Å². The van der Waals surface area contributed by atoms with Crippen LogP contribution in [0.15, 0.2) is 35.4 Å². The van der Waals surface area contributed by atoms with Gasteiger partial charge in [0.15, 0.2) is 0 Å². The zero-order chi connectivity index (χ0) is 25.7. The second kappa shape index (κ2) is 14.6. The lowest BCUT2D eigenvalue weighted by atomic mass is 10.2. The molecule has 194 valence electrons. The summed E-state index contributed by atoms with van der Waals surface area (Å²) < 4.78 is 32.2. The molecule has 3 N–H and O–H groups in total. The third-order valence-corrected chi connectivity index (χ3v) is 7.23. The minimum Gasteiger partial charge on any atom is -0.385 e. The molecule has 0 saturated heterocycles. The molecule has 0 aliphatic carbocycles. The van der Waals surface area contributed by atoms with Crippen LogP contribution >= 0.6 is 0 Å². The molecule has 11 heteroatoms. The Hall–Kier alpha value is -2.76. The Labute approximate surface area is 208 Å². The lowest BCUT2D eigenvalue weighted by Crippen LogP contribution is -2.31. The van der Waals surface area contributed by atoms with E-state index in [0.29, 0.717) is 49.3 Å². The fraction of sp³-hybridized carbons (Fsp3) is 0.542. The number of carbonyl (C=O) groups is 1. The Kier molecular flexibility index (Phi) is 11.9. The molecule has 0 radical (unpaired) electrons. The van der Waals surface area contributed by atoms with E-state index in [1.165, 1.54) is 22.6 Å². The number of sulfonamides is 1. The molecule has 1 aromatic heterocycles. The first-order valence-electron chi connectivity index (χ1n) is 12.1. The number of hydrogen-bond donors (Lipinski definition) is 3. The van der Waals surface area contributed by atoms with Gasteiger partial charge in [-0.2, -0.15) is 9.29 Å². The summed E-state index contributed by atoms with van der Waals surface area (Å²) in [7, 11) is -1.94. The van der Waals surface area contributed by atoms with E-state index in [-0.39, 0.29) is 4.90 Å². The van der Waals surface area contributed by atoms with Crippen molar-refractivity contribution >= 4 is 33.4 Å². The van der Waals surface area contributed by atoms with Gasteiger partial charge < -0.3 is 20.7 Å². The standard InChI is InChI=1S/C24H38N6O4S/c1-5-8-14-26-24-27-18-21(22(29-24)25-15-9-17-34-4)23(31)28-19-10-12-20(13-11-19)35(32,33)30(7-3)16-6-2/h10-13,18H,5-9,14-17H2,1-4H3,(H,28,31)(H2,25,26,27,29). The van der Waals surface area contributed by atoms with E-state index in [2.05, 4.69) is 32.8 Å². The summed E-state index contributed by atoms with van der Waals surface area (Å²) in [5.41, 5.74) is 0.767. The van der Waals surface area contributed by atoms with Gasteiger partial charge in [0.1, 0.15) is 11.4 Å². The third-order valence-electron chi connectivity index (χ3n) is 5.24. The third kappa shape index (κ3) is 8.44. The van der Waals surface area contributed by atoms with Gasteiger partial charge in [0, 0.05) is 51.8 Å². The first-order chi connectivity index (χ1) is 16.9. The molecule has 2 aromatic rings. The van der Waals surface area contributed by atoms with E-state index < -0.39 is 15.9 Å². The number of anilines is 3. The van der Waals surface area contributed by atoms with Crippen LogP contribution in [0.2, 0.25) is 0 Å². The molecule has 1 aromatic carbocycles. The molecular formula is C24H38N6O4S. The highest BCUT2D eigenvalue weighted by Crippen LogP contribution is 2.21. The number of aromatic nitrogens is 2. The van der Waals surface area contributed by atoms with Gasteiger partial charge in [0.25, 0.3) is 5.91 Å².